The number of nitrogens with two attached hydrogens (primary N) is 1. The predicted octanol–water partition coefficient (Wildman–Crippen LogP) is 4.52. The van der Waals surface area contributed by atoms with E-state index in [1.54, 1.807) is 11.0 Å². The van der Waals surface area contributed by atoms with Crippen LogP contribution in [-0.2, 0) is 17.0 Å². The van der Waals surface area contributed by atoms with Crippen LogP contribution in [0.4, 0.5) is 15.8 Å². The zero-order valence-corrected chi connectivity index (χ0v) is 15.7. The van der Waals surface area contributed by atoms with Crippen LogP contribution in [0.2, 0.25) is 0 Å². The van der Waals surface area contributed by atoms with Crippen LogP contribution in [0.25, 0.3) is 0 Å². The molecule has 0 fully saturated rings. The van der Waals surface area contributed by atoms with Crippen molar-refractivity contribution in [1.82, 2.24) is 0 Å². The number of nitrogen functional groups attached to an aromatic ring is 1. The highest BCUT2D eigenvalue weighted by molar-refractivity contribution is 7.79. The molecule has 0 aromatic heterocycles. The standard InChI is InChI=1S/C12H15FN2O.C8H10S/c1-2-5-15-11-7-9(13)10(14)6-8(11)3-4-12(15)16;1-7-2-4-8(6-9)5-3-7/h6-7H,2-5,14H2,1H3;2-5,9H,6H2,1H3. The molecule has 3 nitrogen and oxygen atoms in total. The molecule has 2 N–H and O–H groups in total. The molecule has 1 heterocycles. The van der Waals surface area contributed by atoms with Gasteiger partial charge in [-0.05, 0) is 37.0 Å². The summed E-state index contributed by atoms with van der Waals surface area (Å²) in [4.78, 5) is 13.4. The largest absolute Gasteiger partial charge is 0.396 e. The van der Waals surface area contributed by atoms with Crippen molar-refractivity contribution in [2.75, 3.05) is 17.2 Å². The molecule has 0 radical (unpaired) electrons. The molecule has 2 aromatic carbocycles. The lowest BCUT2D eigenvalue weighted by atomic mass is 10.00. The number of nitrogens with zero attached hydrogens (tertiary/aromatic N) is 1. The van der Waals surface area contributed by atoms with Gasteiger partial charge in [0, 0.05) is 30.5 Å². The number of anilines is 2. The van der Waals surface area contributed by atoms with E-state index in [0.717, 1.165) is 17.7 Å². The van der Waals surface area contributed by atoms with Crippen molar-refractivity contribution in [3.05, 3.63) is 58.9 Å². The highest BCUT2D eigenvalue weighted by Crippen LogP contribution is 2.31. The molecule has 3 rings (SSSR count). The second-order valence-electron chi connectivity index (χ2n) is 6.19. The molecule has 1 aliphatic heterocycles. The van der Waals surface area contributed by atoms with Crippen LogP contribution >= 0.6 is 12.6 Å². The van der Waals surface area contributed by atoms with Crippen molar-refractivity contribution >= 4 is 29.9 Å². The number of carbonyl (C=O) groups excluding carboxylic acids is 1. The molecule has 25 heavy (non-hydrogen) atoms. The Kier molecular flexibility index (Phi) is 6.88. The maximum absolute atomic E-state index is 13.4. The number of benzene rings is 2. The first kappa shape index (κ1) is 19.3. The Morgan fingerprint density at radius 3 is 2.48 bits per heavy atom. The lowest BCUT2D eigenvalue weighted by molar-refractivity contribution is -0.118. The molecule has 1 amide bonds. The molecule has 5 heteroatoms. The van der Waals surface area contributed by atoms with Crippen LogP contribution < -0.4 is 10.6 Å². The van der Waals surface area contributed by atoms with Crippen LogP contribution in [0.3, 0.4) is 0 Å². The summed E-state index contributed by atoms with van der Waals surface area (Å²) in [6.45, 7) is 4.71. The van der Waals surface area contributed by atoms with Crippen molar-refractivity contribution in [3.8, 4) is 0 Å². The summed E-state index contributed by atoms with van der Waals surface area (Å²) in [6.07, 6.45) is 1.99. The first-order valence-corrected chi connectivity index (χ1v) is 9.14. The summed E-state index contributed by atoms with van der Waals surface area (Å²) in [5.41, 5.74) is 9.91. The molecule has 0 saturated carbocycles. The summed E-state index contributed by atoms with van der Waals surface area (Å²) in [6, 6.07) is 11.4. The summed E-state index contributed by atoms with van der Waals surface area (Å²) in [5.74, 6) is 0.452. The first-order valence-electron chi connectivity index (χ1n) is 8.51. The van der Waals surface area contributed by atoms with Gasteiger partial charge in [-0.3, -0.25) is 4.79 Å². The van der Waals surface area contributed by atoms with E-state index < -0.39 is 5.82 Å². The molecule has 0 aliphatic carbocycles. The Morgan fingerprint density at radius 2 is 1.88 bits per heavy atom. The van der Waals surface area contributed by atoms with Gasteiger partial charge >= 0.3 is 0 Å². The third-order valence-electron chi connectivity index (χ3n) is 4.15. The van der Waals surface area contributed by atoms with Crippen molar-refractivity contribution in [2.24, 2.45) is 0 Å². The van der Waals surface area contributed by atoms with Gasteiger partial charge in [-0.15, -0.1) is 0 Å². The monoisotopic (exact) mass is 360 g/mol. The average Bonchev–Trinajstić information content (AvgIpc) is 2.60. The van der Waals surface area contributed by atoms with E-state index in [9.17, 15) is 9.18 Å². The van der Waals surface area contributed by atoms with E-state index in [4.69, 9.17) is 5.73 Å². The summed E-state index contributed by atoms with van der Waals surface area (Å²) in [7, 11) is 0. The van der Waals surface area contributed by atoms with Gasteiger partial charge in [0.15, 0.2) is 0 Å². The maximum atomic E-state index is 13.4. The number of hydrogen-bond acceptors (Lipinski definition) is 3. The van der Waals surface area contributed by atoms with Crippen LogP contribution in [0.15, 0.2) is 36.4 Å². The molecule has 1 aliphatic rings. The third-order valence-corrected chi connectivity index (χ3v) is 4.51. The number of carbonyl (C=O) groups is 1. The Labute approximate surface area is 154 Å². The SMILES string of the molecule is CCCN1C(=O)CCc2cc(N)c(F)cc21.Cc1ccc(CS)cc1. The fourth-order valence-corrected chi connectivity index (χ4v) is 2.96. The summed E-state index contributed by atoms with van der Waals surface area (Å²) >= 11 is 4.14. The van der Waals surface area contributed by atoms with Gasteiger partial charge in [0.2, 0.25) is 5.91 Å². The van der Waals surface area contributed by atoms with Crippen molar-refractivity contribution in [3.63, 3.8) is 0 Å². The minimum Gasteiger partial charge on any atom is -0.396 e. The lowest BCUT2D eigenvalue weighted by Gasteiger charge is -2.29. The van der Waals surface area contributed by atoms with E-state index >= 15 is 0 Å². The molecule has 2 aromatic rings. The second kappa shape index (κ2) is 8.90. The molecule has 0 atom stereocenters. The molecular formula is C20H25FN2OS. The van der Waals surface area contributed by atoms with E-state index in [-0.39, 0.29) is 11.6 Å². The molecule has 134 valence electrons. The van der Waals surface area contributed by atoms with Crippen molar-refractivity contribution in [2.45, 2.75) is 38.9 Å². The first-order chi connectivity index (χ1) is 12.0. The second-order valence-corrected chi connectivity index (χ2v) is 6.51. The van der Waals surface area contributed by atoms with Gasteiger partial charge in [0.05, 0.1) is 5.69 Å². The zero-order valence-electron chi connectivity index (χ0n) is 14.8. The van der Waals surface area contributed by atoms with Gasteiger partial charge in [0.25, 0.3) is 0 Å². The topological polar surface area (TPSA) is 46.3 Å². The summed E-state index contributed by atoms with van der Waals surface area (Å²) in [5, 5.41) is 0. The fraction of sp³-hybridized carbons (Fsp3) is 0.350. The number of fused-ring (bicyclic) bond motifs is 1. The predicted molar refractivity (Wildman–Crippen MR) is 106 cm³/mol. The van der Waals surface area contributed by atoms with Crippen LogP contribution in [0.5, 0.6) is 0 Å². The van der Waals surface area contributed by atoms with Crippen LogP contribution in [-0.4, -0.2) is 12.5 Å². The zero-order chi connectivity index (χ0) is 18.4. The van der Waals surface area contributed by atoms with Crippen LogP contribution in [0.1, 0.15) is 36.5 Å². The molecule has 0 saturated heterocycles. The number of aryl methyl sites for hydroxylation is 2. The molecule has 0 unspecified atom stereocenters. The normalized spacial score (nSPS) is 13.1. The van der Waals surface area contributed by atoms with Gasteiger partial charge in [-0.25, -0.2) is 4.39 Å². The number of halogens is 1. The van der Waals surface area contributed by atoms with Crippen molar-refractivity contribution in [1.29, 1.82) is 0 Å². The third kappa shape index (κ3) is 4.98. The number of thiol groups is 1. The Balaban J connectivity index is 0.000000212. The maximum Gasteiger partial charge on any atom is 0.227 e. The molecule has 0 bridgehead atoms. The highest BCUT2D eigenvalue weighted by Gasteiger charge is 2.24. The minimum atomic E-state index is -0.449. The van der Waals surface area contributed by atoms with E-state index in [2.05, 4.69) is 43.8 Å². The summed E-state index contributed by atoms with van der Waals surface area (Å²) < 4.78 is 13.4. The van der Waals surface area contributed by atoms with Gasteiger partial charge < -0.3 is 10.6 Å². The van der Waals surface area contributed by atoms with Gasteiger partial charge in [-0.2, -0.15) is 12.6 Å². The Hall–Kier alpha value is -2.01. The molecular weight excluding hydrogens is 335 g/mol. The average molecular weight is 360 g/mol. The Morgan fingerprint density at radius 1 is 1.20 bits per heavy atom. The van der Waals surface area contributed by atoms with Crippen molar-refractivity contribution < 1.29 is 9.18 Å². The number of hydrogen-bond donors (Lipinski definition) is 2. The number of amides is 1. The quantitative estimate of drug-likeness (QED) is 0.624. The minimum absolute atomic E-state index is 0.0681. The Bertz CT molecular complexity index is 731. The van der Waals surface area contributed by atoms with Gasteiger partial charge in [0.1, 0.15) is 5.82 Å². The number of rotatable bonds is 3. The van der Waals surface area contributed by atoms with Crippen LogP contribution in [0, 0.1) is 12.7 Å². The molecule has 0 spiro atoms. The fourth-order valence-electron chi connectivity index (χ4n) is 2.75. The van der Waals surface area contributed by atoms with E-state index in [1.165, 1.54) is 17.2 Å². The van der Waals surface area contributed by atoms with Gasteiger partial charge in [-0.1, -0.05) is 36.8 Å². The van der Waals surface area contributed by atoms with E-state index in [1.807, 2.05) is 6.92 Å². The highest BCUT2D eigenvalue weighted by atomic mass is 32.1. The smallest absolute Gasteiger partial charge is 0.227 e. The lowest BCUT2D eigenvalue weighted by Crippen LogP contribution is -2.35. The van der Waals surface area contributed by atoms with E-state index in [0.29, 0.717) is 25.1 Å².